The van der Waals surface area contributed by atoms with Gasteiger partial charge in [0.05, 0.1) is 26.4 Å². The summed E-state index contributed by atoms with van der Waals surface area (Å²) in [6, 6.07) is 0.310. The molecule has 2 aliphatic heterocycles. The number of ether oxygens (including phenoxy) is 5. The average molecular weight is 541 g/mol. The van der Waals surface area contributed by atoms with Gasteiger partial charge >= 0.3 is 0 Å². The first-order chi connectivity index (χ1) is 16.8. The number of hydrogen-bond donors (Lipinski definition) is 4. The second-order valence-electron chi connectivity index (χ2n) is 9.54. The molecular formula is C23H48N4O6S2. The Labute approximate surface area is 219 Å². The highest BCUT2D eigenvalue weighted by Crippen LogP contribution is 2.41. The van der Waals surface area contributed by atoms with E-state index in [2.05, 4.69) is 42.2 Å². The van der Waals surface area contributed by atoms with Gasteiger partial charge in [0.25, 0.3) is 0 Å². The van der Waals surface area contributed by atoms with Gasteiger partial charge in [0.2, 0.25) is 0 Å². The van der Waals surface area contributed by atoms with Gasteiger partial charge in [-0.15, -0.1) is 0 Å². The molecule has 2 aliphatic rings. The van der Waals surface area contributed by atoms with Crippen LogP contribution in [0.15, 0.2) is 0 Å². The Morgan fingerprint density at radius 3 is 2.43 bits per heavy atom. The topological polar surface area (TPSA) is 110 Å². The third-order valence-electron chi connectivity index (χ3n) is 5.13. The van der Waals surface area contributed by atoms with Crippen molar-refractivity contribution in [2.24, 2.45) is 0 Å². The maximum atomic E-state index is 5.94. The molecule has 2 heterocycles. The number of nitrogens with one attached hydrogen (secondary N) is 4. The van der Waals surface area contributed by atoms with Crippen LogP contribution in [0.3, 0.4) is 0 Å². The summed E-state index contributed by atoms with van der Waals surface area (Å²) in [6.45, 7) is 15.5. The van der Waals surface area contributed by atoms with Gasteiger partial charge in [-0.1, -0.05) is 21.6 Å². The van der Waals surface area contributed by atoms with Crippen molar-refractivity contribution in [1.82, 2.24) is 21.4 Å². The SMILES string of the molecule is CNC1OC1NCCCCOC(C)SSC(C)(C)CCOC1OC1NCCOCCONC(C)C. The van der Waals surface area contributed by atoms with Crippen molar-refractivity contribution >= 4 is 21.6 Å². The molecule has 10 nitrogen and oxygen atoms in total. The molecule has 0 aliphatic carbocycles. The van der Waals surface area contributed by atoms with Crippen LogP contribution in [0, 0.1) is 0 Å². The normalized spacial score (nSPS) is 24.8. The molecular weight excluding hydrogens is 492 g/mol. The summed E-state index contributed by atoms with van der Waals surface area (Å²) in [5, 5.41) is 9.73. The minimum atomic E-state index is -0.158. The van der Waals surface area contributed by atoms with Gasteiger partial charge in [0, 0.05) is 23.9 Å². The van der Waals surface area contributed by atoms with Crippen molar-refractivity contribution in [1.29, 1.82) is 0 Å². The van der Waals surface area contributed by atoms with Crippen LogP contribution < -0.4 is 21.4 Å². The quantitative estimate of drug-likeness (QED) is 0.0474. The highest BCUT2D eigenvalue weighted by molar-refractivity contribution is 8.77. The van der Waals surface area contributed by atoms with Crippen molar-refractivity contribution in [3.8, 4) is 0 Å². The maximum absolute atomic E-state index is 5.94. The number of epoxide rings is 2. The molecule has 0 amide bonds. The van der Waals surface area contributed by atoms with Crippen LogP contribution in [-0.4, -0.2) is 94.4 Å². The molecule has 0 aromatic rings. The van der Waals surface area contributed by atoms with Crippen molar-refractivity contribution in [3.05, 3.63) is 0 Å². The lowest BCUT2D eigenvalue weighted by atomic mass is 10.1. The molecule has 2 fully saturated rings. The van der Waals surface area contributed by atoms with Crippen molar-refractivity contribution in [3.63, 3.8) is 0 Å². The molecule has 4 N–H and O–H groups in total. The molecule has 208 valence electrons. The van der Waals surface area contributed by atoms with Crippen LogP contribution in [0.25, 0.3) is 0 Å². The summed E-state index contributed by atoms with van der Waals surface area (Å²) < 4.78 is 28.3. The zero-order chi connectivity index (χ0) is 25.5. The Hall–Kier alpha value is 0.300. The smallest absolute Gasteiger partial charge is 0.199 e. The van der Waals surface area contributed by atoms with Gasteiger partial charge in [-0.05, 0) is 67.5 Å². The van der Waals surface area contributed by atoms with Gasteiger partial charge in [-0.3, -0.25) is 20.8 Å². The van der Waals surface area contributed by atoms with E-state index in [-0.39, 0.29) is 35.2 Å². The number of hydroxylamine groups is 1. The molecule has 0 bridgehead atoms. The van der Waals surface area contributed by atoms with Crippen LogP contribution in [0.2, 0.25) is 0 Å². The van der Waals surface area contributed by atoms with Gasteiger partial charge < -0.3 is 23.7 Å². The summed E-state index contributed by atoms with van der Waals surface area (Å²) in [4.78, 5) is 5.24. The Morgan fingerprint density at radius 2 is 1.69 bits per heavy atom. The van der Waals surface area contributed by atoms with Gasteiger partial charge in [-0.2, -0.15) is 5.48 Å². The number of rotatable bonds is 24. The molecule has 0 aromatic carbocycles. The van der Waals surface area contributed by atoms with Crippen molar-refractivity contribution in [2.45, 2.75) is 95.1 Å². The number of unbranched alkanes of at least 4 members (excludes halogenated alkanes) is 1. The van der Waals surface area contributed by atoms with E-state index in [4.69, 9.17) is 28.5 Å². The summed E-state index contributed by atoms with van der Waals surface area (Å²) >= 11 is 0. The highest BCUT2D eigenvalue weighted by Gasteiger charge is 2.40. The van der Waals surface area contributed by atoms with E-state index < -0.39 is 0 Å². The van der Waals surface area contributed by atoms with E-state index in [1.807, 2.05) is 31.7 Å². The second-order valence-corrected chi connectivity index (χ2v) is 12.7. The Balaban J connectivity index is 1.35. The first-order valence-corrected chi connectivity index (χ1v) is 15.0. The van der Waals surface area contributed by atoms with Crippen molar-refractivity contribution in [2.75, 3.05) is 53.2 Å². The number of hydrogen-bond acceptors (Lipinski definition) is 12. The predicted molar refractivity (Wildman–Crippen MR) is 142 cm³/mol. The number of likely N-dealkylation sites (N-methyl/N-ethyl adjacent to an activating group) is 1. The molecule has 0 saturated carbocycles. The van der Waals surface area contributed by atoms with E-state index in [0.717, 1.165) is 39.0 Å². The molecule has 2 rings (SSSR count). The third-order valence-corrected chi connectivity index (χ3v) is 8.75. The molecule has 12 heteroatoms. The standard InChI is InChI=1S/C23H48N4O6S2/c1-17(2)27-31-16-15-28-14-11-26-21-22(33-21)30-13-9-23(4,5)35-34-18(3)29-12-8-7-10-25-20-19(24-6)32-20/h17-22,24-27H,7-16H2,1-6H3. The molecule has 35 heavy (non-hydrogen) atoms. The van der Waals surface area contributed by atoms with E-state index in [1.54, 1.807) is 10.8 Å². The summed E-state index contributed by atoms with van der Waals surface area (Å²) in [6.07, 6.45) is 3.23. The van der Waals surface area contributed by atoms with E-state index in [9.17, 15) is 0 Å². The fraction of sp³-hybridized carbons (Fsp3) is 1.00. The maximum Gasteiger partial charge on any atom is 0.199 e. The predicted octanol–water partition coefficient (Wildman–Crippen LogP) is 2.41. The zero-order valence-corrected chi connectivity index (χ0v) is 23.9. The lowest BCUT2D eigenvalue weighted by Crippen LogP contribution is -2.27. The fourth-order valence-electron chi connectivity index (χ4n) is 2.97. The van der Waals surface area contributed by atoms with Gasteiger partial charge in [0.1, 0.15) is 11.7 Å². The van der Waals surface area contributed by atoms with Crippen molar-refractivity contribution < 1.29 is 28.5 Å². The van der Waals surface area contributed by atoms with Crippen LogP contribution >= 0.6 is 21.6 Å². The van der Waals surface area contributed by atoms with Crippen LogP contribution in [0.4, 0.5) is 0 Å². The molecule has 5 unspecified atom stereocenters. The minimum Gasteiger partial charge on any atom is -0.378 e. The summed E-state index contributed by atoms with van der Waals surface area (Å²) in [5.41, 5.74) is 3.05. The van der Waals surface area contributed by atoms with Crippen LogP contribution in [0.5, 0.6) is 0 Å². The first kappa shape index (κ1) is 31.5. The molecule has 0 spiro atoms. The summed E-state index contributed by atoms with van der Waals surface area (Å²) in [7, 11) is 5.55. The second kappa shape index (κ2) is 17.7. The highest BCUT2D eigenvalue weighted by atomic mass is 33.1. The summed E-state index contributed by atoms with van der Waals surface area (Å²) in [5.74, 6) is 0. The van der Waals surface area contributed by atoms with Gasteiger partial charge in [0.15, 0.2) is 18.7 Å². The monoisotopic (exact) mass is 540 g/mol. The van der Waals surface area contributed by atoms with Crippen LogP contribution in [-0.2, 0) is 28.5 Å². The zero-order valence-electron chi connectivity index (χ0n) is 22.3. The van der Waals surface area contributed by atoms with E-state index in [0.29, 0.717) is 32.5 Å². The lowest BCUT2D eigenvalue weighted by Gasteiger charge is -2.24. The Morgan fingerprint density at radius 1 is 0.886 bits per heavy atom. The lowest BCUT2D eigenvalue weighted by molar-refractivity contribution is -0.0152. The molecule has 2 saturated heterocycles. The molecule has 0 aromatic heterocycles. The Kier molecular flexibility index (Phi) is 16.0. The van der Waals surface area contributed by atoms with Crippen LogP contribution in [0.1, 0.15) is 53.9 Å². The van der Waals surface area contributed by atoms with E-state index in [1.165, 1.54) is 0 Å². The van der Waals surface area contributed by atoms with E-state index >= 15 is 0 Å². The minimum absolute atomic E-state index is 0.0345. The Bertz CT molecular complexity index is 552. The molecule has 5 atom stereocenters. The molecule has 0 radical (unpaired) electrons. The first-order valence-electron chi connectivity index (χ1n) is 12.8. The van der Waals surface area contributed by atoms with Gasteiger partial charge in [-0.25, -0.2) is 0 Å². The third kappa shape index (κ3) is 16.0. The fourth-order valence-corrected chi connectivity index (χ4v) is 5.29. The average Bonchev–Trinajstić information content (AvgIpc) is 3.73. The largest absolute Gasteiger partial charge is 0.378 e.